The molecule has 3 rings (SSSR count). The quantitative estimate of drug-likeness (QED) is 0.524. The standard InChI is InChI=1S/C17H13N3O3S/c1-11-6-8-12(9-7-11)10-15-16(21)19-17(24-15)18-13-4-2-3-5-14(13)20(22)23/h2-10H,1H3,(H,18,19,21)/b15-10-. The maximum absolute atomic E-state index is 12.1. The number of aryl methyl sites for hydroxylation is 1. The summed E-state index contributed by atoms with van der Waals surface area (Å²) in [4.78, 5) is 27.3. The molecule has 1 aliphatic rings. The van der Waals surface area contributed by atoms with Gasteiger partial charge in [0, 0.05) is 6.07 Å². The number of nitro groups is 1. The Labute approximate surface area is 142 Å². The Morgan fingerprint density at radius 1 is 1.17 bits per heavy atom. The number of rotatable bonds is 3. The minimum atomic E-state index is -0.496. The van der Waals surface area contributed by atoms with Crippen LogP contribution in [-0.4, -0.2) is 16.0 Å². The molecule has 1 N–H and O–H groups in total. The summed E-state index contributed by atoms with van der Waals surface area (Å²) in [7, 11) is 0. The fourth-order valence-corrected chi connectivity index (χ4v) is 2.95. The zero-order valence-electron chi connectivity index (χ0n) is 12.7. The predicted molar refractivity (Wildman–Crippen MR) is 95.1 cm³/mol. The molecule has 0 atom stereocenters. The molecule has 0 spiro atoms. The highest BCUT2D eigenvalue weighted by Gasteiger charge is 2.24. The van der Waals surface area contributed by atoms with Crippen molar-refractivity contribution in [3.05, 3.63) is 74.7 Å². The van der Waals surface area contributed by atoms with Crippen LogP contribution in [0.4, 0.5) is 11.4 Å². The van der Waals surface area contributed by atoms with Gasteiger partial charge in [-0.15, -0.1) is 0 Å². The fourth-order valence-electron chi connectivity index (χ4n) is 2.12. The number of benzene rings is 2. The number of para-hydroxylation sites is 2. The molecular formula is C17H13N3O3S. The lowest BCUT2D eigenvalue weighted by Crippen LogP contribution is -2.19. The summed E-state index contributed by atoms with van der Waals surface area (Å²) < 4.78 is 0. The van der Waals surface area contributed by atoms with Crippen LogP contribution < -0.4 is 5.32 Å². The monoisotopic (exact) mass is 339 g/mol. The van der Waals surface area contributed by atoms with E-state index in [-0.39, 0.29) is 17.3 Å². The SMILES string of the molecule is Cc1ccc(/C=C2\SC(=Nc3ccccc3[N+](=O)[O-])NC2=O)cc1. The highest BCUT2D eigenvalue weighted by atomic mass is 32.2. The lowest BCUT2D eigenvalue weighted by molar-refractivity contribution is -0.384. The molecule has 0 bridgehead atoms. The van der Waals surface area contributed by atoms with E-state index in [4.69, 9.17) is 0 Å². The number of amides is 1. The van der Waals surface area contributed by atoms with Crippen molar-refractivity contribution in [2.75, 3.05) is 0 Å². The summed E-state index contributed by atoms with van der Waals surface area (Å²) in [5.74, 6) is -0.266. The van der Waals surface area contributed by atoms with Crippen LogP contribution in [0.15, 0.2) is 58.4 Å². The van der Waals surface area contributed by atoms with Crippen molar-refractivity contribution >= 4 is 40.3 Å². The van der Waals surface area contributed by atoms with Gasteiger partial charge in [-0.25, -0.2) is 4.99 Å². The van der Waals surface area contributed by atoms with Gasteiger partial charge >= 0.3 is 0 Å². The van der Waals surface area contributed by atoms with Crippen molar-refractivity contribution in [3.8, 4) is 0 Å². The topological polar surface area (TPSA) is 84.6 Å². The molecule has 2 aromatic carbocycles. The number of carbonyl (C=O) groups excluding carboxylic acids is 1. The number of hydrogen-bond acceptors (Lipinski definition) is 5. The van der Waals surface area contributed by atoms with Gasteiger partial charge in [0.25, 0.3) is 11.6 Å². The Morgan fingerprint density at radius 2 is 1.88 bits per heavy atom. The summed E-state index contributed by atoms with van der Waals surface area (Å²) in [5.41, 5.74) is 2.15. The summed E-state index contributed by atoms with van der Waals surface area (Å²) in [6, 6.07) is 13.9. The van der Waals surface area contributed by atoms with E-state index in [1.807, 2.05) is 31.2 Å². The first-order valence-electron chi connectivity index (χ1n) is 7.12. The number of amidine groups is 1. The van der Waals surface area contributed by atoms with Gasteiger partial charge in [0.05, 0.1) is 9.83 Å². The molecule has 120 valence electrons. The molecule has 0 unspecified atom stereocenters. The molecule has 1 heterocycles. The molecule has 1 saturated heterocycles. The van der Waals surface area contributed by atoms with Gasteiger partial charge in [0.2, 0.25) is 0 Å². The molecule has 6 nitrogen and oxygen atoms in total. The van der Waals surface area contributed by atoms with Crippen molar-refractivity contribution in [3.63, 3.8) is 0 Å². The maximum Gasteiger partial charge on any atom is 0.294 e. The van der Waals surface area contributed by atoms with E-state index in [2.05, 4.69) is 10.3 Å². The average Bonchev–Trinajstić information content (AvgIpc) is 2.89. The van der Waals surface area contributed by atoms with Crippen LogP contribution >= 0.6 is 11.8 Å². The van der Waals surface area contributed by atoms with E-state index in [1.165, 1.54) is 6.07 Å². The van der Waals surface area contributed by atoms with Crippen LogP contribution in [-0.2, 0) is 4.79 Å². The largest absolute Gasteiger partial charge is 0.300 e. The van der Waals surface area contributed by atoms with E-state index in [0.29, 0.717) is 10.1 Å². The maximum atomic E-state index is 12.1. The Morgan fingerprint density at radius 3 is 2.58 bits per heavy atom. The first kappa shape index (κ1) is 15.9. The average molecular weight is 339 g/mol. The normalized spacial score (nSPS) is 17.3. The van der Waals surface area contributed by atoms with Gasteiger partial charge in [-0.05, 0) is 36.4 Å². The molecule has 1 aliphatic heterocycles. The number of nitrogens with one attached hydrogen (secondary N) is 1. The van der Waals surface area contributed by atoms with Crippen LogP contribution in [0.25, 0.3) is 6.08 Å². The van der Waals surface area contributed by atoms with E-state index in [1.54, 1.807) is 24.3 Å². The second-order valence-corrected chi connectivity index (χ2v) is 6.17. The van der Waals surface area contributed by atoms with Crippen molar-refractivity contribution < 1.29 is 9.72 Å². The molecule has 0 aromatic heterocycles. The van der Waals surface area contributed by atoms with Gasteiger partial charge in [-0.3, -0.25) is 14.9 Å². The number of aliphatic imine (C=N–C) groups is 1. The van der Waals surface area contributed by atoms with Crippen LogP contribution in [0.1, 0.15) is 11.1 Å². The van der Waals surface area contributed by atoms with Crippen molar-refractivity contribution in [2.45, 2.75) is 6.92 Å². The molecule has 0 radical (unpaired) electrons. The van der Waals surface area contributed by atoms with E-state index in [0.717, 1.165) is 22.9 Å². The molecule has 0 aliphatic carbocycles. The second-order valence-electron chi connectivity index (χ2n) is 5.14. The van der Waals surface area contributed by atoms with Gasteiger partial charge in [-0.1, -0.05) is 42.0 Å². The third-order valence-electron chi connectivity index (χ3n) is 3.33. The zero-order chi connectivity index (χ0) is 17.1. The van der Waals surface area contributed by atoms with Crippen molar-refractivity contribution in [1.82, 2.24) is 5.32 Å². The summed E-state index contributed by atoms with van der Waals surface area (Å²) in [6.07, 6.45) is 1.77. The third-order valence-corrected chi connectivity index (χ3v) is 4.24. The number of carbonyl (C=O) groups is 1. The Bertz CT molecular complexity index is 873. The summed E-state index contributed by atoms with van der Waals surface area (Å²) >= 11 is 1.16. The molecule has 24 heavy (non-hydrogen) atoms. The van der Waals surface area contributed by atoms with Crippen LogP contribution in [0.3, 0.4) is 0 Å². The highest BCUT2D eigenvalue weighted by Crippen LogP contribution is 2.31. The zero-order valence-corrected chi connectivity index (χ0v) is 13.5. The fraction of sp³-hybridized carbons (Fsp3) is 0.0588. The van der Waals surface area contributed by atoms with E-state index >= 15 is 0 Å². The third kappa shape index (κ3) is 3.52. The minimum Gasteiger partial charge on any atom is -0.300 e. The second kappa shape index (κ2) is 6.67. The Kier molecular flexibility index (Phi) is 4.43. The van der Waals surface area contributed by atoms with E-state index in [9.17, 15) is 14.9 Å². The summed E-state index contributed by atoms with van der Waals surface area (Å²) in [5, 5.41) is 14.0. The van der Waals surface area contributed by atoms with Gasteiger partial charge in [0.1, 0.15) is 5.69 Å². The minimum absolute atomic E-state index is 0.101. The number of thioether (sulfide) groups is 1. The van der Waals surface area contributed by atoms with Gasteiger partial charge in [0.15, 0.2) is 5.17 Å². The predicted octanol–water partition coefficient (Wildman–Crippen LogP) is 3.79. The lowest BCUT2D eigenvalue weighted by Gasteiger charge is -1.98. The molecule has 1 amide bonds. The van der Waals surface area contributed by atoms with Crippen LogP contribution in [0, 0.1) is 17.0 Å². The smallest absolute Gasteiger partial charge is 0.294 e. The molecule has 0 saturated carbocycles. The molecule has 1 fully saturated rings. The van der Waals surface area contributed by atoms with E-state index < -0.39 is 4.92 Å². The van der Waals surface area contributed by atoms with Crippen molar-refractivity contribution in [2.24, 2.45) is 4.99 Å². The molecular weight excluding hydrogens is 326 g/mol. The number of hydrogen-bond donors (Lipinski definition) is 1. The van der Waals surface area contributed by atoms with Crippen molar-refractivity contribution in [1.29, 1.82) is 0 Å². The van der Waals surface area contributed by atoms with Gasteiger partial charge in [-0.2, -0.15) is 0 Å². The summed E-state index contributed by atoms with van der Waals surface area (Å²) in [6.45, 7) is 1.99. The molecule has 2 aromatic rings. The number of nitro benzene ring substituents is 1. The first-order chi connectivity index (χ1) is 11.5. The Hall–Kier alpha value is -2.93. The van der Waals surface area contributed by atoms with Gasteiger partial charge < -0.3 is 5.32 Å². The lowest BCUT2D eigenvalue weighted by atomic mass is 10.1. The highest BCUT2D eigenvalue weighted by molar-refractivity contribution is 8.18. The molecule has 7 heteroatoms. The first-order valence-corrected chi connectivity index (χ1v) is 7.94. The number of nitrogens with zero attached hydrogens (tertiary/aromatic N) is 2. The Balaban J connectivity index is 1.87. The van der Waals surface area contributed by atoms with Crippen LogP contribution in [0.5, 0.6) is 0 Å². The van der Waals surface area contributed by atoms with Crippen LogP contribution in [0.2, 0.25) is 0 Å².